The number of benzene rings is 1. The molecule has 2 N–H and O–H groups in total. The van der Waals surface area contributed by atoms with Gasteiger partial charge in [-0.05, 0) is 43.7 Å². The van der Waals surface area contributed by atoms with Gasteiger partial charge >= 0.3 is 0 Å². The van der Waals surface area contributed by atoms with Crippen molar-refractivity contribution in [1.82, 2.24) is 25.2 Å². The average Bonchev–Trinajstić information content (AvgIpc) is 3.42. The molecule has 0 unspecified atom stereocenters. The van der Waals surface area contributed by atoms with E-state index in [-0.39, 0.29) is 24.6 Å². The molecule has 10 nitrogen and oxygen atoms in total. The number of carbonyl (C=O) groups is 2. The molecule has 6 rings (SSSR count). The van der Waals surface area contributed by atoms with E-state index in [9.17, 15) is 9.59 Å². The molecule has 10 heteroatoms. The molecule has 3 aromatic rings. The fourth-order valence-electron chi connectivity index (χ4n) is 4.85. The number of rotatable bonds is 7. The van der Waals surface area contributed by atoms with Gasteiger partial charge in [0.2, 0.25) is 12.7 Å². The van der Waals surface area contributed by atoms with Gasteiger partial charge in [-0.15, -0.1) is 0 Å². The van der Waals surface area contributed by atoms with E-state index in [0.717, 1.165) is 12.8 Å². The topological polar surface area (TPSA) is 119 Å². The van der Waals surface area contributed by atoms with Gasteiger partial charge in [0.25, 0.3) is 5.91 Å². The Morgan fingerprint density at radius 1 is 1.17 bits per heavy atom. The van der Waals surface area contributed by atoms with Gasteiger partial charge in [-0.1, -0.05) is 6.92 Å². The number of fused-ring (bicyclic) bond motifs is 2. The van der Waals surface area contributed by atoms with Crippen molar-refractivity contribution in [3.63, 3.8) is 0 Å². The third-order valence-corrected chi connectivity index (χ3v) is 7.10. The molecule has 1 aromatic carbocycles. The van der Waals surface area contributed by atoms with E-state index in [1.54, 1.807) is 6.20 Å². The molecule has 0 bridgehead atoms. The van der Waals surface area contributed by atoms with Crippen LogP contribution >= 0.6 is 0 Å². The number of aromatic nitrogens is 3. The van der Waals surface area contributed by atoms with Crippen LogP contribution in [-0.2, 0) is 4.79 Å². The molecule has 1 saturated heterocycles. The summed E-state index contributed by atoms with van der Waals surface area (Å²) in [4.78, 5) is 39.2. The maximum absolute atomic E-state index is 13.2. The second kappa shape index (κ2) is 9.33. The normalized spacial score (nSPS) is 17.4. The molecule has 2 aliphatic heterocycles. The number of carbonyl (C=O) groups excluding carboxylic acids is 2. The van der Waals surface area contributed by atoms with Crippen molar-refractivity contribution < 1.29 is 23.8 Å². The molecule has 36 heavy (non-hydrogen) atoms. The number of likely N-dealkylation sites (tertiary alicyclic amines) is 1. The summed E-state index contributed by atoms with van der Waals surface area (Å²) < 4.78 is 17.6. The lowest BCUT2D eigenvalue weighted by atomic mass is 10.0. The Hall–Kier alpha value is -3.82. The first-order valence-corrected chi connectivity index (χ1v) is 12.6. The summed E-state index contributed by atoms with van der Waals surface area (Å²) in [5, 5.41) is 3.12. The van der Waals surface area contributed by atoms with Gasteiger partial charge in [0, 0.05) is 31.7 Å². The van der Waals surface area contributed by atoms with Crippen LogP contribution in [0.15, 0.2) is 24.7 Å². The first-order chi connectivity index (χ1) is 17.6. The van der Waals surface area contributed by atoms with Gasteiger partial charge < -0.3 is 29.4 Å². The van der Waals surface area contributed by atoms with Gasteiger partial charge in [-0.3, -0.25) is 9.59 Å². The minimum Gasteiger partial charge on any atom is -0.492 e. The molecule has 2 aromatic heterocycles. The smallest absolute Gasteiger partial charge is 0.255 e. The van der Waals surface area contributed by atoms with Crippen molar-refractivity contribution in [2.24, 2.45) is 5.92 Å². The first kappa shape index (κ1) is 22.6. The van der Waals surface area contributed by atoms with Crippen LogP contribution in [0.5, 0.6) is 17.2 Å². The van der Waals surface area contributed by atoms with E-state index >= 15 is 0 Å². The maximum atomic E-state index is 13.2. The Kier molecular flexibility index (Phi) is 5.86. The van der Waals surface area contributed by atoms with Crippen molar-refractivity contribution in [3.8, 4) is 28.5 Å². The third-order valence-electron chi connectivity index (χ3n) is 7.10. The average molecular weight is 492 g/mol. The van der Waals surface area contributed by atoms with E-state index in [1.165, 1.54) is 19.2 Å². The number of ether oxygens (including phenoxy) is 3. The maximum Gasteiger partial charge on any atom is 0.255 e. The number of H-pyrrole nitrogens is 1. The summed E-state index contributed by atoms with van der Waals surface area (Å²) >= 11 is 0. The molecule has 2 fully saturated rings. The number of aromatic amines is 1. The van der Waals surface area contributed by atoms with Gasteiger partial charge in [0.05, 0.1) is 23.3 Å². The van der Waals surface area contributed by atoms with Crippen LogP contribution in [0.4, 0.5) is 0 Å². The van der Waals surface area contributed by atoms with Gasteiger partial charge in [0.1, 0.15) is 23.3 Å². The standard InChI is InChI=1S/C26H29N5O5/c1-2-20(32)31-9-7-16(8-10-31)30-26(33)17-11-27-24-22(17)28-13-29-23(24)21-18(34-12-15-3-4-15)5-6-19-25(21)36-14-35-19/h5-6,11,13,15-16,27H,2-4,7-10,12,14H2,1H3,(H,30,33). The van der Waals surface area contributed by atoms with Crippen LogP contribution in [0.2, 0.25) is 0 Å². The van der Waals surface area contributed by atoms with E-state index in [0.29, 0.717) is 77.1 Å². The summed E-state index contributed by atoms with van der Waals surface area (Å²) in [5.41, 5.74) is 2.90. The van der Waals surface area contributed by atoms with Crippen LogP contribution in [0.1, 0.15) is 49.4 Å². The Morgan fingerprint density at radius 2 is 2.00 bits per heavy atom. The van der Waals surface area contributed by atoms with Crippen LogP contribution in [-0.4, -0.2) is 64.2 Å². The summed E-state index contributed by atoms with van der Waals surface area (Å²) in [6.45, 7) is 3.95. The van der Waals surface area contributed by atoms with Gasteiger partial charge in [-0.25, -0.2) is 9.97 Å². The Labute approximate surface area is 208 Å². The highest BCUT2D eigenvalue weighted by atomic mass is 16.7. The number of hydrogen-bond acceptors (Lipinski definition) is 7. The Bertz CT molecular complexity index is 1310. The molecule has 4 heterocycles. The summed E-state index contributed by atoms with van der Waals surface area (Å²) in [6, 6.07) is 3.74. The highest BCUT2D eigenvalue weighted by Crippen LogP contribution is 2.48. The molecule has 0 spiro atoms. The van der Waals surface area contributed by atoms with Crippen molar-refractivity contribution in [2.75, 3.05) is 26.5 Å². The van der Waals surface area contributed by atoms with Crippen LogP contribution in [0, 0.1) is 5.92 Å². The molecule has 0 atom stereocenters. The van der Waals surface area contributed by atoms with E-state index < -0.39 is 0 Å². The second-order valence-corrected chi connectivity index (χ2v) is 9.56. The number of hydrogen-bond donors (Lipinski definition) is 2. The molecule has 188 valence electrons. The van der Waals surface area contributed by atoms with E-state index in [4.69, 9.17) is 14.2 Å². The third kappa shape index (κ3) is 4.20. The number of piperidine rings is 1. The predicted octanol–water partition coefficient (Wildman–Crippen LogP) is 3.27. The molecule has 3 aliphatic rings. The molecular weight excluding hydrogens is 462 g/mol. The largest absolute Gasteiger partial charge is 0.492 e. The van der Waals surface area contributed by atoms with E-state index in [2.05, 4.69) is 20.3 Å². The predicted molar refractivity (Wildman–Crippen MR) is 131 cm³/mol. The molecule has 2 amide bonds. The zero-order valence-electron chi connectivity index (χ0n) is 20.2. The van der Waals surface area contributed by atoms with Crippen LogP contribution < -0.4 is 19.5 Å². The quantitative estimate of drug-likeness (QED) is 0.521. The zero-order chi connectivity index (χ0) is 24.6. The number of nitrogens with zero attached hydrogens (tertiary/aromatic N) is 3. The lowest BCUT2D eigenvalue weighted by molar-refractivity contribution is -0.131. The fraction of sp³-hybridized carbons (Fsp3) is 0.462. The summed E-state index contributed by atoms with van der Waals surface area (Å²) in [5.74, 6) is 2.42. The Morgan fingerprint density at radius 3 is 2.78 bits per heavy atom. The lowest BCUT2D eigenvalue weighted by Crippen LogP contribution is -2.46. The van der Waals surface area contributed by atoms with Crippen molar-refractivity contribution in [1.29, 1.82) is 0 Å². The zero-order valence-corrected chi connectivity index (χ0v) is 20.2. The van der Waals surface area contributed by atoms with Crippen molar-refractivity contribution in [2.45, 2.75) is 45.1 Å². The lowest BCUT2D eigenvalue weighted by Gasteiger charge is -2.32. The molecule has 1 saturated carbocycles. The molecule has 1 aliphatic carbocycles. The van der Waals surface area contributed by atoms with Crippen molar-refractivity contribution in [3.05, 3.63) is 30.2 Å². The van der Waals surface area contributed by atoms with Crippen molar-refractivity contribution >= 4 is 22.8 Å². The highest BCUT2D eigenvalue weighted by molar-refractivity contribution is 6.08. The summed E-state index contributed by atoms with van der Waals surface area (Å²) in [6.07, 6.45) is 7.45. The monoisotopic (exact) mass is 491 g/mol. The summed E-state index contributed by atoms with van der Waals surface area (Å²) in [7, 11) is 0. The minimum atomic E-state index is -0.200. The van der Waals surface area contributed by atoms with Gasteiger partial charge in [0.15, 0.2) is 11.5 Å². The SMILES string of the molecule is CCC(=O)N1CCC(NC(=O)c2c[nH]c3c(-c4c(OCC5CC5)ccc5c4OCO5)ncnc23)CC1. The van der Waals surface area contributed by atoms with Crippen LogP contribution in [0.25, 0.3) is 22.3 Å². The number of nitrogens with one attached hydrogen (secondary N) is 2. The first-order valence-electron chi connectivity index (χ1n) is 12.6. The molecular formula is C26H29N5O5. The molecule has 0 radical (unpaired) electrons. The second-order valence-electron chi connectivity index (χ2n) is 9.56. The Balaban J connectivity index is 1.27. The number of amides is 2. The van der Waals surface area contributed by atoms with E-state index in [1.807, 2.05) is 24.0 Å². The fourth-order valence-corrected chi connectivity index (χ4v) is 4.85. The highest BCUT2D eigenvalue weighted by Gasteiger charge is 2.30. The van der Waals surface area contributed by atoms with Crippen LogP contribution in [0.3, 0.4) is 0 Å². The van der Waals surface area contributed by atoms with Gasteiger partial charge in [-0.2, -0.15) is 0 Å². The minimum absolute atomic E-state index is 0.00929.